The van der Waals surface area contributed by atoms with Crippen molar-refractivity contribution in [2.75, 3.05) is 11.1 Å². The molecule has 1 aromatic heterocycles. The fourth-order valence-electron chi connectivity index (χ4n) is 1.45. The van der Waals surface area contributed by atoms with Crippen LogP contribution in [0.3, 0.4) is 0 Å². The number of pyridine rings is 1. The van der Waals surface area contributed by atoms with Gasteiger partial charge in [0.25, 0.3) is 0 Å². The number of benzene rings is 1. The van der Waals surface area contributed by atoms with E-state index in [0.29, 0.717) is 16.5 Å². The second kappa shape index (κ2) is 4.59. The fourth-order valence-corrected chi connectivity index (χ4v) is 1.66. The van der Waals surface area contributed by atoms with Crippen molar-refractivity contribution in [1.29, 1.82) is 0 Å². The SMILES string of the molecule is Cc1nc(N)ccc1Nc1ccc(F)cc1Cl. The molecule has 2 aromatic rings. The number of nitrogens with zero attached hydrogens (tertiary/aromatic N) is 1. The summed E-state index contributed by atoms with van der Waals surface area (Å²) in [5.74, 6) is 0.0888. The van der Waals surface area contributed by atoms with Crippen LogP contribution >= 0.6 is 11.6 Å². The third-order valence-corrected chi connectivity index (χ3v) is 2.62. The highest BCUT2D eigenvalue weighted by molar-refractivity contribution is 6.33. The van der Waals surface area contributed by atoms with Crippen molar-refractivity contribution in [2.24, 2.45) is 0 Å². The lowest BCUT2D eigenvalue weighted by atomic mass is 10.2. The van der Waals surface area contributed by atoms with E-state index in [2.05, 4.69) is 10.3 Å². The predicted octanol–water partition coefficient (Wildman–Crippen LogP) is 3.51. The highest BCUT2D eigenvalue weighted by atomic mass is 35.5. The van der Waals surface area contributed by atoms with Crippen LogP contribution in [0.5, 0.6) is 0 Å². The maximum Gasteiger partial charge on any atom is 0.124 e. The summed E-state index contributed by atoms with van der Waals surface area (Å²) in [4.78, 5) is 4.12. The molecule has 1 heterocycles. The molecule has 0 atom stereocenters. The number of rotatable bonds is 2. The first-order valence-electron chi connectivity index (χ1n) is 5.01. The predicted molar refractivity (Wildman–Crippen MR) is 68.1 cm³/mol. The first-order chi connectivity index (χ1) is 8.06. The fraction of sp³-hybridized carbons (Fsp3) is 0.0833. The van der Waals surface area contributed by atoms with Gasteiger partial charge in [-0.15, -0.1) is 0 Å². The van der Waals surface area contributed by atoms with Gasteiger partial charge in [-0.2, -0.15) is 0 Å². The van der Waals surface area contributed by atoms with Crippen molar-refractivity contribution >= 4 is 28.8 Å². The number of nitrogens with one attached hydrogen (secondary N) is 1. The second-order valence-corrected chi connectivity index (χ2v) is 4.03. The molecule has 0 saturated carbocycles. The van der Waals surface area contributed by atoms with Gasteiger partial charge in [-0.05, 0) is 37.3 Å². The summed E-state index contributed by atoms with van der Waals surface area (Å²) in [6.07, 6.45) is 0. The number of hydrogen-bond donors (Lipinski definition) is 2. The van der Waals surface area contributed by atoms with Crippen molar-refractivity contribution in [3.63, 3.8) is 0 Å². The zero-order chi connectivity index (χ0) is 12.4. The van der Waals surface area contributed by atoms with Gasteiger partial charge in [0, 0.05) is 0 Å². The van der Waals surface area contributed by atoms with Crippen LogP contribution in [0, 0.1) is 12.7 Å². The molecule has 0 fully saturated rings. The summed E-state index contributed by atoms with van der Waals surface area (Å²) in [5, 5.41) is 3.40. The highest BCUT2D eigenvalue weighted by Gasteiger charge is 2.05. The first kappa shape index (κ1) is 11.7. The quantitative estimate of drug-likeness (QED) is 0.859. The Morgan fingerprint density at radius 1 is 1.24 bits per heavy atom. The van der Waals surface area contributed by atoms with Gasteiger partial charge >= 0.3 is 0 Å². The van der Waals surface area contributed by atoms with Crippen molar-refractivity contribution in [3.05, 3.63) is 46.9 Å². The third kappa shape index (κ3) is 2.65. The lowest BCUT2D eigenvalue weighted by Gasteiger charge is -2.10. The third-order valence-electron chi connectivity index (χ3n) is 2.31. The van der Waals surface area contributed by atoms with Crippen LogP contribution in [0.25, 0.3) is 0 Å². The molecular weight excluding hydrogens is 241 g/mol. The van der Waals surface area contributed by atoms with Crippen LogP contribution in [0.2, 0.25) is 5.02 Å². The van der Waals surface area contributed by atoms with Gasteiger partial charge in [0.1, 0.15) is 11.6 Å². The molecule has 0 bridgehead atoms. The molecular formula is C12H11ClFN3. The zero-order valence-corrected chi connectivity index (χ0v) is 9.92. The standard InChI is InChI=1S/C12H11ClFN3/c1-7-10(4-5-12(15)16-7)17-11-3-2-8(14)6-9(11)13/h2-6,17H,1H3,(H2,15,16). The number of hydrogen-bond acceptors (Lipinski definition) is 3. The molecule has 5 heteroatoms. The van der Waals surface area contributed by atoms with Crippen LogP contribution in [0.1, 0.15) is 5.69 Å². The number of nitrogen functional groups attached to an aromatic ring is 1. The lowest BCUT2D eigenvalue weighted by molar-refractivity contribution is 0.628. The maximum atomic E-state index is 12.9. The molecule has 0 radical (unpaired) electrons. The minimum atomic E-state index is -0.368. The van der Waals surface area contributed by atoms with E-state index in [9.17, 15) is 4.39 Å². The average Bonchev–Trinajstić information content (AvgIpc) is 2.25. The number of aryl methyl sites for hydroxylation is 1. The van der Waals surface area contributed by atoms with E-state index < -0.39 is 0 Å². The molecule has 0 aliphatic rings. The number of nitrogens with two attached hydrogens (primary N) is 1. The van der Waals surface area contributed by atoms with Gasteiger partial charge < -0.3 is 11.1 Å². The van der Waals surface area contributed by atoms with Gasteiger partial charge in [-0.1, -0.05) is 11.6 Å². The molecule has 0 saturated heterocycles. The Morgan fingerprint density at radius 2 is 1.94 bits per heavy atom. The molecule has 0 aliphatic carbocycles. The van der Waals surface area contributed by atoms with Gasteiger partial charge in [0.05, 0.1) is 22.1 Å². The van der Waals surface area contributed by atoms with Crippen molar-refractivity contribution in [2.45, 2.75) is 6.92 Å². The topological polar surface area (TPSA) is 50.9 Å². The van der Waals surface area contributed by atoms with Crippen LogP contribution in [-0.2, 0) is 0 Å². The number of aromatic nitrogens is 1. The van der Waals surface area contributed by atoms with E-state index in [1.807, 2.05) is 6.92 Å². The van der Waals surface area contributed by atoms with E-state index >= 15 is 0 Å². The minimum Gasteiger partial charge on any atom is -0.384 e. The lowest BCUT2D eigenvalue weighted by Crippen LogP contribution is -1.98. The Bertz CT molecular complexity index is 508. The Hall–Kier alpha value is -1.81. The van der Waals surface area contributed by atoms with Gasteiger partial charge in [-0.3, -0.25) is 0 Å². The molecule has 0 unspecified atom stereocenters. The molecule has 3 nitrogen and oxygen atoms in total. The summed E-state index contributed by atoms with van der Waals surface area (Å²) < 4.78 is 12.9. The number of anilines is 3. The molecule has 3 N–H and O–H groups in total. The monoisotopic (exact) mass is 251 g/mol. The first-order valence-corrected chi connectivity index (χ1v) is 5.39. The van der Waals surface area contributed by atoms with Crippen molar-refractivity contribution < 1.29 is 4.39 Å². The van der Waals surface area contributed by atoms with Crippen molar-refractivity contribution in [3.8, 4) is 0 Å². The van der Waals surface area contributed by atoms with E-state index in [0.717, 1.165) is 11.4 Å². The maximum absolute atomic E-state index is 12.9. The van der Waals surface area contributed by atoms with E-state index in [1.54, 1.807) is 18.2 Å². The summed E-state index contributed by atoms with van der Waals surface area (Å²) in [7, 11) is 0. The summed E-state index contributed by atoms with van der Waals surface area (Å²) in [5.41, 5.74) is 7.72. The molecule has 17 heavy (non-hydrogen) atoms. The largest absolute Gasteiger partial charge is 0.384 e. The zero-order valence-electron chi connectivity index (χ0n) is 9.17. The van der Waals surface area contributed by atoms with Crippen LogP contribution in [0.15, 0.2) is 30.3 Å². The summed E-state index contributed by atoms with van der Waals surface area (Å²) in [6.45, 7) is 1.83. The molecule has 88 valence electrons. The van der Waals surface area contributed by atoms with E-state index in [-0.39, 0.29) is 5.82 Å². The molecule has 1 aromatic carbocycles. The normalized spacial score (nSPS) is 10.3. The smallest absolute Gasteiger partial charge is 0.124 e. The van der Waals surface area contributed by atoms with Crippen LogP contribution in [-0.4, -0.2) is 4.98 Å². The molecule has 0 aliphatic heterocycles. The Morgan fingerprint density at radius 3 is 2.59 bits per heavy atom. The van der Waals surface area contributed by atoms with E-state index in [4.69, 9.17) is 17.3 Å². The van der Waals surface area contributed by atoms with Gasteiger partial charge in [0.2, 0.25) is 0 Å². The Balaban J connectivity index is 2.31. The van der Waals surface area contributed by atoms with Crippen molar-refractivity contribution in [1.82, 2.24) is 4.98 Å². The van der Waals surface area contributed by atoms with Crippen LogP contribution in [0.4, 0.5) is 21.6 Å². The summed E-state index contributed by atoms with van der Waals surface area (Å²) in [6, 6.07) is 7.66. The Labute approximate surface area is 103 Å². The molecule has 2 rings (SSSR count). The number of halogens is 2. The van der Waals surface area contributed by atoms with Gasteiger partial charge in [0.15, 0.2) is 0 Å². The van der Waals surface area contributed by atoms with E-state index in [1.165, 1.54) is 12.1 Å². The summed E-state index contributed by atoms with van der Waals surface area (Å²) >= 11 is 5.92. The highest BCUT2D eigenvalue weighted by Crippen LogP contribution is 2.27. The minimum absolute atomic E-state index is 0.321. The molecule has 0 spiro atoms. The van der Waals surface area contributed by atoms with Crippen LogP contribution < -0.4 is 11.1 Å². The second-order valence-electron chi connectivity index (χ2n) is 3.62. The van der Waals surface area contributed by atoms with Gasteiger partial charge in [-0.25, -0.2) is 9.37 Å². The Kier molecular flexibility index (Phi) is 3.15. The molecule has 0 amide bonds. The average molecular weight is 252 g/mol.